The van der Waals surface area contributed by atoms with E-state index in [2.05, 4.69) is 10.0 Å². The Morgan fingerprint density at radius 2 is 1.92 bits per heavy atom. The molecule has 1 aromatic rings. The molecule has 1 aliphatic carbocycles. The first-order valence-electron chi connectivity index (χ1n) is 7.32. The van der Waals surface area contributed by atoms with Crippen LogP contribution in [0.5, 0.6) is 0 Å². The van der Waals surface area contributed by atoms with Gasteiger partial charge < -0.3 is 10.1 Å². The van der Waals surface area contributed by atoms with Gasteiger partial charge in [0.2, 0.25) is 10.0 Å². The van der Waals surface area contributed by atoms with Gasteiger partial charge in [0, 0.05) is 12.1 Å². The normalized spacial score (nSPS) is 21.5. The van der Waals surface area contributed by atoms with Crippen LogP contribution in [0.3, 0.4) is 0 Å². The van der Waals surface area contributed by atoms with Crippen molar-refractivity contribution in [3.63, 3.8) is 0 Å². The van der Waals surface area contributed by atoms with E-state index in [4.69, 9.17) is 27.9 Å². The van der Waals surface area contributed by atoms with Crippen molar-refractivity contribution in [3.8, 4) is 0 Å². The summed E-state index contributed by atoms with van der Waals surface area (Å²) in [6.45, 7) is 2.67. The average molecular weight is 409 g/mol. The maximum absolute atomic E-state index is 11.9. The molecule has 10 heteroatoms. The van der Waals surface area contributed by atoms with Gasteiger partial charge in [0.15, 0.2) is 6.61 Å². The Kier molecular flexibility index (Phi) is 5.39. The second kappa shape index (κ2) is 6.75. The zero-order chi connectivity index (χ0) is 19.0. The van der Waals surface area contributed by atoms with Crippen molar-refractivity contribution in [3.05, 3.63) is 23.8 Å². The van der Waals surface area contributed by atoms with E-state index in [1.165, 1.54) is 13.1 Å². The molecule has 2 N–H and O–H groups in total. The summed E-state index contributed by atoms with van der Waals surface area (Å²) < 4.78 is 29.8. The van der Waals surface area contributed by atoms with E-state index in [-0.39, 0.29) is 17.0 Å². The minimum Gasteiger partial charge on any atom is -0.455 e. The number of rotatable bonds is 6. The maximum Gasteiger partial charge on any atom is 0.315 e. The van der Waals surface area contributed by atoms with Crippen LogP contribution in [-0.4, -0.2) is 38.3 Å². The molecule has 0 unspecified atom stereocenters. The van der Waals surface area contributed by atoms with Crippen molar-refractivity contribution in [1.82, 2.24) is 4.72 Å². The average Bonchev–Trinajstić information content (AvgIpc) is 3.06. The molecule has 1 aliphatic rings. The van der Waals surface area contributed by atoms with Gasteiger partial charge in [-0.2, -0.15) is 0 Å². The molecule has 138 valence electrons. The topological polar surface area (TPSA) is 102 Å². The fraction of sp³-hybridized carbons (Fsp3) is 0.467. The summed E-state index contributed by atoms with van der Waals surface area (Å²) in [5, 5.41) is 2.48. The summed E-state index contributed by atoms with van der Waals surface area (Å²) in [7, 11) is -2.36. The number of hydrogen-bond acceptors (Lipinski definition) is 5. The van der Waals surface area contributed by atoms with Crippen molar-refractivity contribution < 1.29 is 22.7 Å². The third kappa shape index (κ3) is 4.08. The molecular weight excluding hydrogens is 391 g/mol. The monoisotopic (exact) mass is 408 g/mol. The molecule has 0 spiro atoms. The third-order valence-corrected chi connectivity index (χ3v) is 6.73. The van der Waals surface area contributed by atoms with Gasteiger partial charge in [0.1, 0.15) is 9.75 Å². The molecule has 0 saturated heterocycles. The highest BCUT2D eigenvalue weighted by atomic mass is 35.5. The van der Waals surface area contributed by atoms with Crippen LogP contribution >= 0.6 is 23.2 Å². The number of hydrogen-bond donors (Lipinski definition) is 2. The van der Waals surface area contributed by atoms with Crippen LogP contribution in [0, 0.1) is 12.3 Å². The molecule has 1 atom stereocenters. The lowest BCUT2D eigenvalue weighted by molar-refractivity contribution is -0.152. The standard InChI is InChI=1S/C15H18Cl2N2O5S/c1-9-4-5-10(6-11(9)25(22,23)18-3)19-12(20)7-24-13(21)14(2)8-15(14,16)17/h4-6,18H,7-8H2,1-3H3,(H,19,20)/t14-/m0/s1. The van der Waals surface area contributed by atoms with Gasteiger partial charge >= 0.3 is 5.97 Å². The van der Waals surface area contributed by atoms with E-state index in [9.17, 15) is 18.0 Å². The molecule has 1 fully saturated rings. The Morgan fingerprint density at radius 3 is 2.44 bits per heavy atom. The fourth-order valence-corrected chi connectivity index (χ4v) is 3.87. The lowest BCUT2D eigenvalue weighted by Crippen LogP contribution is -2.27. The number of esters is 1. The quantitative estimate of drug-likeness (QED) is 0.553. The molecule has 25 heavy (non-hydrogen) atoms. The maximum atomic E-state index is 11.9. The Morgan fingerprint density at radius 1 is 1.32 bits per heavy atom. The highest BCUT2D eigenvalue weighted by Crippen LogP contribution is 2.64. The highest BCUT2D eigenvalue weighted by molar-refractivity contribution is 7.89. The SMILES string of the molecule is CNS(=O)(=O)c1cc(NC(=O)COC(=O)[C@]2(C)CC2(Cl)Cl)ccc1C. The van der Waals surface area contributed by atoms with Crippen LogP contribution in [0.15, 0.2) is 23.1 Å². The molecule has 2 rings (SSSR count). The third-order valence-electron chi connectivity index (χ3n) is 4.07. The number of benzene rings is 1. The number of halogens is 2. The molecule has 0 heterocycles. The number of anilines is 1. The van der Waals surface area contributed by atoms with E-state index >= 15 is 0 Å². The van der Waals surface area contributed by atoms with Gasteiger partial charge in [0.25, 0.3) is 5.91 Å². The molecule has 7 nitrogen and oxygen atoms in total. The van der Waals surface area contributed by atoms with Crippen LogP contribution in [0.4, 0.5) is 5.69 Å². The molecule has 0 aliphatic heterocycles. The van der Waals surface area contributed by atoms with Crippen molar-refractivity contribution in [1.29, 1.82) is 0 Å². The smallest absolute Gasteiger partial charge is 0.315 e. The fourth-order valence-electron chi connectivity index (χ4n) is 2.19. The Hall–Kier alpha value is -1.35. The Labute approximate surface area is 156 Å². The first-order valence-corrected chi connectivity index (χ1v) is 9.56. The number of amides is 1. The van der Waals surface area contributed by atoms with Gasteiger partial charge in [0.05, 0.1) is 4.90 Å². The van der Waals surface area contributed by atoms with Crippen molar-refractivity contribution in [2.45, 2.75) is 29.5 Å². The first kappa shape index (κ1) is 20.0. The first-order chi connectivity index (χ1) is 11.4. The van der Waals surface area contributed by atoms with Crippen LogP contribution in [0.1, 0.15) is 18.9 Å². The molecule has 0 radical (unpaired) electrons. The van der Waals surface area contributed by atoms with Crippen LogP contribution < -0.4 is 10.0 Å². The zero-order valence-electron chi connectivity index (χ0n) is 13.9. The summed E-state index contributed by atoms with van der Waals surface area (Å²) in [6.07, 6.45) is 0.257. The van der Waals surface area contributed by atoms with Crippen LogP contribution in [0.25, 0.3) is 0 Å². The second-order valence-electron chi connectivity index (χ2n) is 6.03. The number of carbonyl (C=O) groups is 2. The molecular formula is C15H18Cl2N2O5S. The molecule has 1 aromatic carbocycles. The largest absolute Gasteiger partial charge is 0.455 e. The molecule has 0 bridgehead atoms. The van der Waals surface area contributed by atoms with E-state index in [0.29, 0.717) is 5.56 Å². The second-order valence-corrected chi connectivity index (χ2v) is 9.36. The summed E-state index contributed by atoms with van der Waals surface area (Å²) in [6, 6.07) is 4.44. The lowest BCUT2D eigenvalue weighted by Gasteiger charge is -2.13. The van der Waals surface area contributed by atoms with E-state index in [1.807, 2.05) is 0 Å². The predicted octanol–water partition coefficient (Wildman–Crippen LogP) is 1.97. The predicted molar refractivity (Wildman–Crippen MR) is 94.2 cm³/mol. The summed E-state index contributed by atoms with van der Waals surface area (Å²) in [5.74, 6) is -1.26. The van der Waals surface area contributed by atoms with E-state index in [0.717, 1.165) is 0 Å². The van der Waals surface area contributed by atoms with Gasteiger partial charge in [-0.25, -0.2) is 13.1 Å². The van der Waals surface area contributed by atoms with Gasteiger partial charge in [-0.3, -0.25) is 9.59 Å². The van der Waals surface area contributed by atoms with Crippen LogP contribution in [0.2, 0.25) is 0 Å². The number of ether oxygens (including phenoxy) is 1. The minimum absolute atomic E-state index is 0.0457. The number of carbonyl (C=O) groups excluding carboxylic acids is 2. The van der Waals surface area contributed by atoms with Crippen molar-refractivity contribution >= 4 is 50.8 Å². The molecule has 1 saturated carbocycles. The van der Waals surface area contributed by atoms with Gasteiger partial charge in [-0.05, 0) is 38.6 Å². The number of sulfonamides is 1. The number of aryl methyl sites for hydroxylation is 1. The van der Waals surface area contributed by atoms with E-state index in [1.54, 1.807) is 26.0 Å². The van der Waals surface area contributed by atoms with E-state index < -0.39 is 38.3 Å². The minimum atomic E-state index is -3.65. The highest BCUT2D eigenvalue weighted by Gasteiger charge is 2.69. The lowest BCUT2D eigenvalue weighted by atomic mass is 10.1. The summed E-state index contributed by atoms with van der Waals surface area (Å²) in [4.78, 5) is 23.9. The summed E-state index contributed by atoms with van der Waals surface area (Å²) in [5.41, 5.74) is -0.225. The van der Waals surface area contributed by atoms with Gasteiger partial charge in [-0.15, -0.1) is 23.2 Å². The zero-order valence-corrected chi connectivity index (χ0v) is 16.2. The molecule has 1 amide bonds. The number of alkyl halides is 2. The molecule has 0 aromatic heterocycles. The van der Waals surface area contributed by atoms with Crippen LogP contribution in [-0.2, 0) is 24.3 Å². The summed E-state index contributed by atoms with van der Waals surface area (Å²) >= 11 is 11.8. The van der Waals surface area contributed by atoms with Crippen molar-refractivity contribution in [2.24, 2.45) is 5.41 Å². The Bertz CT molecular complexity index is 825. The Balaban J connectivity index is 2.00. The van der Waals surface area contributed by atoms with Gasteiger partial charge in [-0.1, -0.05) is 6.07 Å². The van der Waals surface area contributed by atoms with Crippen molar-refractivity contribution in [2.75, 3.05) is 19.0 Å². The number of nitrogens with one attached hydrogen (secondary N) is 2.